The molecule has 0 aromatic carbocycles. The van der Waals surface area contributed by atoms with Crippen molar-refractivity contribution in [2.45, 2.75) is 49.5 Å². The maximum Gasteiger partial charge on any atom is 0.298 e. The number of hydrogen-bond acceptors (Lipinski definition) is 8. The van der Waals surface area contributed by atoms with E-state index in [0.717, 1.165) is 63.5 Å². The highest BCUT2D eigenvalue weighted by Crippen LogP contribution is 2.41. The lowest BCUT2D eigenvalue weighted by molar-refractivity contribution is -0.124. The second-order valence-corrected chi connectivity index (χ2v) is 12.3. The fourth-order valence-corrected chi connectivity index (χ4v) is 6.67. The van der Waals surface area contributed by atoms with Crippen LogP contribution in [0.4, 0.5) is 14.6 Å². The van der Waals surface area contributed by atoms with Crippen molar-refractivity contribution in [3.8, 4) is 10.7 Å². The normalized spacial score (nSPS) is 21.4. The molecule has 2 saturated heterocycles. The minimum absolute atomic E-state index is 0.160. The lowest BCUT2D eigenvalue weighted by atomic mass is 9.77. The van der Waals surface area contributed by atoms with Crippen molar-refractivity contribution in [3.05, 3.63) is 24.0 Å². The number of ether oxygens (including phenoxy) is 1. The number of alkyl halides is 2. The third-order valence-corrected chi connectivity index (χ3v) is 9.40. The van der Waals surface area contributed by atoms with Gasteiger partial charge in [0.05, 0.1) is 23.6 Å². The van der Waals surface area contributed by atoms with Crippen molar-refractivity contribution in [3.63, 3.8) is 0 Å². The highest BCUT2D eigenvalue weighted by Gasteiger charge is 2.43. The number of fused-ring (bicyclic) bond motifs is 1. The van der Waals surface area contributed by atoms with Crippen LogP contribution in [0.15, 0.2) is 23.1 Å². The monoisotopic (exact) mass is 510 g/mol. The smallest absolute Gasteiger partial charge is 0.298 e. The number of nitrogens with zero attached hydrogens (tertiary/aromatic N) is 5. The van der Waals surface area contributed by atoms with Crippen LogP contribution in [0, 0.1) is 5.41 Å². The Bertz CT molecular complexity index is 1350. The van der Waals surface area contributed by atoms with Gasteiger partial charge in [0.25, 0.3) is 6.43 Å². The van der Waals surface area contributed by atoms with Crippen LogP contribution in [0.25, 0.3) is 16.2 Å². The van der Waals surface area contributed by atoms with E-state index in [9.17, 15) is 17.2 Å². The first-order chi connectivity index (χ1) is 16.2. The molecule has 1 N–H and O–H groups in total. The van der Waals surface area contributed by atoms with Gasteiger partial charge in [-0.05, 0) is 56.3 Å². The molecule has 13 heteroatoms. The standard InChI is InChI=1S/C21H24F2N6O3S2/c1-20(2-3-20)27-34(30,31)14-8-13-9-15(19-24-18(17(22)23)26-33-19)25-29(13)16(10-14)28-6-4-21(5-7-28)11-32-12-21/h8-10,17,27H,2-7,11-12H2,1H3. The highest BCUT2D eigenvalue weighted by atomic mass is 32.2. The Kier molecular flexibility index (Phi) is 5.00. The second-order valence-electron chi connectivity index (χ2n) is 9.82. The maximum atomic E-state index is 13.2. The predicted octanol–water partition coefficient (Wildman–Crippen LogP) is 3.24. The molecule has 0 atom stereocenters. The number of nitrogens with one attached hydrogen (secondary N) is 1. The lowest BCUT2D eigenvalue weighted by Crippen LogP contribution is -2.51. The molecule has 9 nitrogen and oxygen atoms in total. The number of sulfonamides is 1. The van der Waals surface area contributed by atoms with Crippen LogP contribution in [0.3, 0.4) is 0 Å². The van der Waals surface area contributed by atoms with Crippen molar-refractivity contribution in [1.82, 2.24) is 23.7 Å². The van der Waals surface area contributed by atoms with E-state index in [-0.39, 0.29) is 15.3 Å². The molecule has 34 heavy (non-hydrogen) atoms. The Hall–Kier alpha value is -2.22. The summed E-state index contributed by atoms with van der Waals surface area (Å²) in [5.41, 5.74) is 0.740. The molecule has 3 aliphatic rings. The summed E-state index contributed by atoms with van der Waals surface area (Å²) in [5.74, 6) is 0.116. The zero-order valence-corrected chi connectivity index (χ0v) is 20.1. The van der Waals surface area contributed by atoms with Crippen LogP contribution in [-0.2, 0) is 14.8 Å². The number of pyridine rings is 1. The van der Waals surface area contributed by atoms with Crippen LogP contribution in [0.1, 0.15) is 44.9 Å². The van der Waals surface area contributed by atoms with E-state index in [4.69, 9.17) is 4.74 Å². The molecular weight excluding hydrogens is 486 g/mol. The van der Waals surface area contributed by atoms with Gasteiger partial charge in [0.15, 0.2) is 5.01 Å². The average molecular weight is 511 g/mol. The summed E-state index contributed by atoms with van der Waals surface area (Å²) < 4.78 is 66.0. The number of hydrogen-bond donors (Lipinski definition) is 1. The van der Waals surface area contributed by atoms with E-state index >= 15 is 0 Å². The molecule has 1 saturated carbocycles. The second kappa shape index (κ2) is 7.64. The summed E-state index contributed by atoms with van der Waals surface area (Å²) in [6, 6.07) is 4.88. The molecule has 1 spiro atoms. The van der Waals surface area contributed by atoms with Crippen molar-refractivity contribution in [2.24, 2.45) is 5.41 Å². The van der Waals surface area contributed by atoms with Gasteiger partial charge >= 0.3 is 0 Å². The Morgan fingerprint density at radius 2 is 1.88 bits per heavy atom. The predicted molar refractivity (Wildman–Crippen MR) is 122 cm³/mol. The first-order valence-electron chi connectivity index (χ1n) is 11.2. The summed E-state index contributed by atoms with van der Waals surface area (Å²) in [5, 5.41) is 4.88. The number of piperidine rings is 1. The van der Waals surface area contributed by atoms with E-state index in [1.54, 1.807) is 22.7 Å². The minimum atomic E-state index is -3.75. The molecule has 0 unspecified atom stereocenters. The molecule has 6 rings (SSSR count). The van der Waals surface area contributed by atoms with Gasteiger partial charge in [-0.2, -0.15) is 9.47 Å². The summed E-state index contributed by atoms with van der Waals surface area (Å²) in [7, 11) is -3.75. The number of rotatable bonds is 6. The Morgan fingerprint density at radius 3 is 2.47 bits per heavy atom. The van der Waals surface area contributed by atoms with Gasteiger partial charge in [0, 0.05) is 30.1 Å². The molecule has 3 fully saturated rings. The summed E-state index contributed by atoms with van der Waals surface area (Å²) in [6.07, 6.45) is 0.740. The van der Waals surface area contributed by atoms with Gasteiger partial charge in [-0.25, -0.2) is 31.4 Å². The molecule has 3 aromatic heterocycles. The van der Waals surface area contributed by atoms with E-state index in [1.807, 2.05) is 6.92 Å². The zero-order chi connectivity index (χ0) is 23.7. The molecule has 0 bridgehead atoms. The van der Waals surface area contributed by atoms with Crippen molar-refractivity contribution in [2.75, 3.05) is 31.2 Å². The van der Waals surface area contributed by atoms with Gasteiger partial charge in [-0.1, -0.05) is 0 Å². The number of anilines is 1. The molecule has 3 aromatic rings. The van der Waals surface area contributed by atoms with Gasteiger partial charge in [0.2, 0.25) is 15.8 Å². The highest BCUT2D eigenvalue weighted by molar-refractivity contribution is 7.89. The summed E-state index contributed by atoms with van der Waals surface area (Å²) in [4.78, 5) is 6.20. The first kappa shape index (κ1) is 22.3. The van der Waals surface area contributed by atoms with Crippen LogP contribution in [-0.4, -0.2) is 59.2 Å². The quantitative estimate of drug-likeness (QED) is 0.543. The molecule has 0 amide bonds. The minimum Gasteiger partial charge on any atom is -0.380 e. The fourth-order valence-electron chi connectivity index (χ4n) is 4.53. The largest absolute Gasteiger partial charge is 0.380 e. The van der Waals surface area contributed by atoms with Crippen LogP contribution < -0.4 is 9.62 Å². The topological polar surface area (TPSA) is 102 Å². The van der Waals surface area contributed by atoms with E-state index in [0.29, 0.717) is 17.0 Å². The summed E-state index contributed by atoms with van der Waals surface area (Å²) >= 11 is 0.849. The molecule has 182 valence electrons. The fraction of sp³-hybridized carbons (Fsp3) is 0.571. The van der Waals surface area contributed by atoms with Crippen LogP contribution in [0.5, 0.6) is 0 Å². The maximum absolute atomic E-state index is 13.2. The first-order valence-corrected chi connectivity index (χ1v) is 13.4. The average Bonchev–Trinajstić information content (AvgIpc) is 3.19. The van der Waals surface area contributed by atoms with E-state index in [2.05, 4.69) is 24.1 Å². The lowest BCUT2D eigenvalue weighted by Gasteiger charge is -2.47. The molecule has 5 heterocycles. The third-order valence-electron chi connectivity index (χ3n) is 7.03. The van der Waals surface area contributed by atoms with Gasteiger partial charge in [0.1, 0.15) is 11.5 Å². The Balaban J connectivity index is 1.42. The number of aromatic nitrogens is 4. The van der Waals surface area contributed by atoms with Crippen LogP contribution in [0.2, 0.25) is 0 Å². The van der Waals surface area contributed by atoms with Crippen molar-refractivity contribution >= 4 is 32.9 Å². The third kappa shape index (κ3) is 3.88. The Labute approximate surface area is 199 Å². The number of halogens is 2. The van der Waals surface area contributed by atoms with Gasteiger partial charge in [-0.15, -0.1) is 0 Å². The molecular formula is C21H24F2N6O3S2. The van der Waals surface area contributed by atoms with Gasteiger partial charge in [-0.3, -0.25) is 0 Å². The van der Waals surface area contributed by atoms with E-state index < -0.39 is 27.8 Å². The summed E-state index contributed by atoms with van der Waals surface area (Å²) in [6.45, 7) is 4.92. The van der Waals surface area contributed by atoms with Gasteiger partial charge < -0.3 is 9.64 Å². The van der Waals surface area contributed by atoms with E-state index in [1.165, 1.54) is 0 Å². The van der Waals surface area contributed by atoms with Crippen molar-refractivity contribution in [1.29, 1.82) is 0 Å². The SMILES string of the molecule is CC1(NS(=O)(=O)c2cc(N3CCC4(CC3)COC4)n3nc(-c4nc(C(F)F)ns4)cc3c2)CC1. The van der Waals surface area contributed by atoms with Crippen LogP contribution >= 0.6 is 11.5 Å². The zero-order valence-electron chi connectivity index (χ0n) is 18.5. The Morgan fingerprint density at radius 1 is 1.15 bits per heavy atom. The van der Waals surface area contributed by atoms with Crippen molar-refractivity contribution < 1.29 is 21.9 Å². The molecule has 2 aliphatic heterocycles. The molecule has 0 radical (unpaired) electrons. The molecule has 1 aliphatic carbocycles.